The van der Waals surface area contributed by atoms with Gasteiger partial charge in [-0.15, -0.1) is 0 Å². The summed E-state index contributed by atoms with van der Waals surface area (Å²) in [7, 11) is 0. The van der Waals surface area contributed by atoms with Gasteiger partial charge >= 0.3 is 5.97 Å². The highest BCUT2D eigenvalue weighted by molar-refractivity contribution is 8.24. The maximum Gasteiger partial charge on any atom is 0.323 e. The minimum absolute atomic E-state index is 0.0779. The molecular formula is C40H54N2O6S2. The van der Waals surface area contributed by atoms with E-state index in [0.29, 0.717) is 43.9 Å². The van der Waals surface area contributed by atoms with Crippen LogP contribution in [-0.4, -0.2) is 68.0 Å². The Morgan fingerprint density at radius 3 is 2.24 bits per heavy atom. The Hall–Kier alpha value is -3.63. The number of carbonyl (C=O) groups excluding carboxylic acids is 2. The number of hydrogen-bond donors (Lipinski definition) is 1. The second-order valence-electron chi connectivity index (χ2n) is 12.3. The molecular weight excluding hydrogens is 669 g/mol. The van der Waals surface area contributed by atoms with Gasteiger partial charge in [-0.2, -0.15) is 0 Å². The van der Waals surface area contributed by atoms with Crippen LogP contribution in [0.4, 0.5) is 0 Å². The summed E-state index contributed by atoms with van der Waals surface area (Å²) in [6, 6.07) is 19.9. The minimum atomic E-state index is -1.11. The summed E-state index contributed by atoms with van der Waals surface area (Å²) in [5.41, 5.74) is 1.91. The first-order valence-electron chi connectivity index (χ1n) is 18.1. The fourth-order valence-corrected chi connectivity index (χ4v) is 7.76. The average Bonchev–Trinajstić information content (AvgIpc) is 3.42. The first-order valence-corrected chi connectivity index (χ1v) is 19.3. The highest BCUT2D eigenvalue weighted by atomic mass is 32.2. The maximum absolute atomic E-state index is 14.4. The fourth-order valence-electron chi connectivity index (χ4n) is 6.22. The average molecular weight is 723 g/mol. The number of carbonyl (C=O) groups is 3. The first-order chi connectivity index (χ1) is 24.2. The quantitative estimate of drug-likeness (QED) is 0.0985. The third-order valence-corrected chi connectivity index (χ3v) is 10.6. The molecule has 272 valence electrons. The van der Waals surface area contributed by atoms with Crippen molar-refractivity contribution in [3.05, 3.63) is 95.5 Å². The molecule has 2 aromatic carbocycles. The lowest BCUT2D eigenvalue weighted by Gasteiger charge is -2.36. The van der Waals surface area contributed by atoms with Crippen LogP contribution in [0.1, 0.15) is 96.8 Å². The number of carboxylic acid groups (broad SMARTS) is 1. The van der Waals surface area contributed by atoms with Crippen molar-refractivity contribution < 1.29 is 29.0 Å². The number of thioether (sulfide) groups is 1. The van der Waals surface area contributed by atoms with Gasteiger partial charge in [0.15, 0.2) is 11.5 Å². The molecule has 1 aliphatic heterocycles. The van der Waals surface area contributed by atoms with Crippen LogP contribution in [0.2, 0.25) is 0 Å². The van der Waals surface area contributed by atoms with E-state index in [9.17, 15) is 19.5 Å². The molecule has 1 aliphatic carbocycles. The summed E-state index contributed by atoms with van der Waals surface area (Å²) in [6.45, 7) is 10.5. The molecule has 2 aliphatic rings. The van der Waals surface area contributed by atoms with Gasteiger partial charge in [-0.05, 0) is 56.2 Å². The summed E-state index contributed by atoms with van der Waals surface area (Å²) < 4.78 is 13.5. The Balaban J connectivity index is 0.00000332. The van der Waals surface area contributed by atoms with Crippen LogP contribution < -0.4 is 0 Å². The van der Waals surface area contributed by atoms with Crippen molar-refractivity contribution in [2.75, 3.05) is 19.7 Å². The molecule has 1 saturated carbocycles. The Labute approximate surface area is 308 Å². The number of benzene rings is 2. The highest BCUT2D eigenvalue weighted by Crippen LogP contribution is 2.36. The SMILES string of the molecule is CC.CC/C=C(OCCc1ccccc1)\C(=C/CC(C)C1SC(=S)N(CC(=O)O)C1=O)OC(C(=O)N(CC)C1CCCCC1)c1ccccc1. The van der Waals surface area contributed by atoms with Gasteiger partial charge in [-0.3, -0.25) is 19.3 Å². The zero-order valence-electron chi connectivity index (χ0n) is 30.2. The fraction of sp³-hybridized carbons (Fsp3) is 0.500. The zero-order chi connectivity index (χ0) is 36.5. The predicted octanol–water partition coefficient (Wildman–Crippen LogP) is 8.73. The van der Waals surface area contributed by atoms with Crippen LogP contribution in [0.25, 0.3) is 0 Å². The lowest BCUT2D eigenvalue weighted by molar-refractivity contribution is -0.145. The molecule has 2 amide bonds. The van der Waals surface area contributed by atoms with E-state index in [1.165, 1.54) is 18.2 Å². The number of aliphatic carboxylic acids is 1. The molecule has 50 heavy (non-hydrogen) atoms. The van der Waals surface area contributed by atoms with Crippen LogP contribution in [0.15, 0.2) is 84.3 Å². The van der Waals surface area contributed by atoms with Crippen LogP contribution in [0.3, 0.4) is 0 Å². The maximum atomic E-state index is 14.4. The van der Waals surface area contributed by atoms with E-state index in [-0.39, 0.29) is 28.1 Å². The van der Waals surface area contributed by atoms with Gasteiger partial charge in [0.25, 0.3) is 5.91 Å². The van der Waals surface area contributed by atoms with E-state index in [1.54, 1.807) is 0 Å². The van der Waals surface area contributed by atoms with Gasteiger partial charge in [0, 0.05) is 24.6 Å². The van der Waals surface area contributed by atoms with E-state index >= 15 is 0 Å². The van der Waals surface area contributed by atoms with Crippen LogP contribution in [0, 0.1) is 5.92 Å². The summed E-state index contributed by atoms with van der Waals surface area (Å²) in [5.74, 6) is -0.704. The second kappa shape index (κ2) is 21.6. The Morgan fingerprint density at radius 2 is 1.64 bits per heavy atom. The highest BCUT2D eigenvalue weighted by Gasteiger charge is 2.41. The van der Waals surface area contributed by atoms with E-state index in [2.05, 4.69) is 12.1 Å². The number of thiocarbonyl (C=S) groups is 1. The number of nitrogens with zero attached hydrogens (tertiary/aromatic N) is 2. The molecule has 4 rings (SSSR count). The summed E-state index contributed by atoms with van der Waals surface area (Å²) in [6.07, 6.45) is 10.2. The van der Waals surface area contributed by atoms with Crippen LogP contribution in [0.5, 0.6) is 0 Å². The molecule has 8 nitrogen and oxygen atoms in total. The molecule has 0 radical (unpaired) electrons. The smallest absolute Gasteiger partial charge is 0.323 e. The van der Waals surface area contributed by atoms with E-state index in [0.717, 1.165) is 41.7 Å². The van der Waals surface area contributed by atoms with Crippen molar-refractivity contribution in [1.29, 1.82) is 0 Å². The number of ether oxygens (including phenoxy) is 2. The zero-order valence-corrected chi connectivity index (χ0v) is 31.8. The number of rotatable bonds is 17. The largest absolute Gasteiger partial charge is 0.490 e. The lowest BCUT2D eigenvalue weighted by Crippen LogP contribution is -2.44. The normalized spacial score (nSPS) is 18.2. The third-order valence-electron chi connectivity index (χ3n) is 8.78. The summed E-state index contributed by atoms with van der Waals surface area (Å²) >= 11 is 6.57. The van der Waals surface area contributed by atoms with Gasteiger partial charge in [0.05, 0.1) is 11.9 Å². The molecule has 10 heteroatoms. The summed E-state index contributed by atoms with van der Waals surface area (Å²) in [4.78, 5) is 42.1. The van der Waals surface area contributed by atoms with Crippen LogP contribution >= 0.6 is 24.0 Å². The molecule has 0 aromatic heterocycles. The molecule has 0 bridgehead atoms. The molecule has 3 unspecified atom stereocenters. The topological polar surface area (TPSA) is 96.4 Å². The van der Waals surface area contributed by atoms with E-state index < -0.39 is 23.9 Å². The van der Waals surface area contributed by atoms with Crippen molar-refractivity contribution in [3.63, 3.8) is 0 Å². The van der Waals surface area contributed by atoms with E-state index in [1.807, 2.05) is 100 Å². The first kappa shape index (κ1) is 40.8. The molecule has 2 aromatic rings. The molecule has 0 spiro atoms. The predicted molar refractivity (Wildman–Crippen MR) is 206 cm³/mol. The molecule has 2 fully saturated rings. The van der Waals surface area contributed by atoms with Crippen molar-refractivity contribution >= 4 is 46.1 Å². The third kappa shape index (κ3) is 11.7. The number of hydrogen-bond acceptors (Lipinski definition) is 7. The van der Waals surface area contributed by atoms with Crippen molar-refractivity contribution in [2.24, 2.45) is 5.92 Å². The number of carboxylic acids is 1. The molecule has 1 heterocycles. The van der Waals surface area contributed by atoms with Gasteiger partial charge in [0.1, 0.15) is 10.9 Å². The Bertz CT molecular complexity index is 1440. The van der Waals surface area contributed by atoms with Crippen molar-refractivity contribution in [3.8, 4) is 0 Å². The van der Waals surface area contributed by atoms with Gasteiger partial charge in [-0.1, -0.05) is 132 Å². The Morgan fingerprint density at radius 1 is 1.00 bits per heavy atom. The van der Waals surface area contributed by atoms with Crippen LogP contribution in [-0.2, 0) is 30.3 Å². The standard InChI is InChI=1S/C38H48N2O6S2.C2H6/c1-4-15-31(45-25-24-28-16-9-6-10-17-28)32(23-22-27(3)35-37(44)40(26-33(41)42)38(47)48-35)46-34(29-18-11-7-12-19-29)36(43)39(5-2)30-20-13-8-14-21-30;1-2/h6-7,9-12,15-19,23,27,30,34-35H,4-5,8,13-14,20-22,24-26H2,1-3H3,(H,41,42);1-2H3/b31-15+,32-23+;. The number of likely N-dealkylation sites (N-methyl/N-ethyl adjacent to an activating group) is 1. The van der Waals surface area contributed by atoms with Crippen molar-refractivity contribution in [1.82, 2.24) is 9.80 Å². The van der Waals surface area contributed by atoms with Gasteiger partial charge < -0.3 is 19.5 Å². The number of allylic oxidation sites excluding steroid dienone is 2. The molecule has 1 saturated heterocycles. The Kier molecular flexibility index (Phi) is 17.6. The summed E-state index contributed by atoms with van der Waals surface area (Å²) in [5, 5.41) is 8.76. The van der Waals surface area contributed by atoms with E-state index in [4.69, 9.17) is 21.7 Å². The van der Waals surface area contributed by atoms with Crippen molar-refractivity contribution in [2.45, 2.75) is 103 Å². The minimum Gasteiger partial charge on any atom is -0.490 e. The van der Waals surface area contributed by atoms with Gasteiger partial charge in [-0.25, -0.2) is 0 Å². The number of amides is 2. The lowest BCUT2D eigenvalue weighted by atomic mass is 9.93. The molecule has 1 N–H and O–H groups in total. The molecule has 3 atom stereocenters. The van der Waals surface area contributed by atoms with Gasteiger partial charge in [0.2, 0.25) is 12.0 Å². The monoisotopic (exact) mass is 722 g/mol. The second-order valence-corrected chi connectivity index (χ2v) is 14.1.